The number of ether oxygens (including phenoxy) is 1. The average Bonchev–Trinajstić information content (AvgIpc) is 3.34. The van der Waals surface area contributed by atoms with Gasteiger partial charge in [-0.25, -0.2) is 9.66 Å². The van der Waals surface area contributed by atoms with Gasteiger partial charge in [-0.2, -0.15) is 8.78 Å². The first-order valence-electron chi connectivity index (χ1n) is 8.59. The standard InChI is InChI=1S/C19H14ClF2N5O2S/c20-13-5-1-11(2-6-13)15-9-24-16(29-15)10-30-19-26-25-17(27(19)23)12-3-7-14(8-4-12)28-18(21)22/h1-9,18H,10,23H2. The van der Waals surface area contributed by atoms with Crippen molar-refractivity contribution >= 4 is 23.4 Å². The minimum Gasteiger partial charge on any atom is -0.440 e. The molecule has 0 saturated heterocycles. The van der Waals surface area contributed by atoms with Gasteiger partial charge >= 0.3 is 6.61 Å². The highest BCUT2D eigenvalue weighted by Crippen LogP contribution is 2.28. The molecule has 30 heavy (non-hydrogen) atoms. The molecule has 4 aromatic rings. The molecule has 0 bridgehead atoms. The lowest BCUT2D eigenvalue weighted by atomic mass is 10.2. The Morgan fingerprint density at radius 2 is 1.77 bits per heavy atom. The third-order valence-electron chi connectivity index (χ3n) is 4.01. The van der Waals surface area contributed by atoms with Crippen molar-refractivity contribution < 1.29 is 17.9 Å². The third kappa shape index (κ3) is 4.55. The van der Waals surface area contributed by atoms with E-state index in [1.165, 1.54) is 28.6 Å². The van der Waals surface area contributed by atoms with Crippen LogP contribution in [-0.4, -0.2) is 26.5 Å². The molecule has 0 amide bonds. The Bertz CT molecular complexity index is 1130. The second-order valence-corrected chi connectivity index (χ2v) is 7.37. The van der Waals surface area contributed by atoms with E-state index in [0.29, 0.717) is 39.0 Å². The number of hydrogen-bond donors (Lipinski definition) is 1. The maximum atomic E-state index is 12.3. The smallest absolute Gasteiger partial charge is 0.387 e. The van der Waals surface area contributed by atoms with Crippen LogP contribution in [-0.2, 0) is 5.75 Å². The zero-order chi connectivity index (χ0) is 21.1. The van der Waals surface area contributed by atoms with Crippen molar-refractivity contribution in [2.45, 2.75) is 17.5 Å². The molecule has 0 unspecified atom stereocenters. The Balaban J connectivity index is 1.43. The van der Waals surface area contributed by atoms with E-state index in [1.807, 2.05) is 12.1 Å². The van der Waals surface area contributed by atoms with Gasteiger partial charge in [0, 0.05) is 16.1 Å². The van der Waals surface area contributed by atoms with Gasteiger partial charge in [0.1, 0.15) is 5.75 Å². The monoisotopic (exact) mass is 449 g/mol. The summed E-state index contributed by atoms with van der Waals surface area (Å²) in [5, 5.41) is 9.22. The fourth-order valence-corrected chi connectivity index (χ4v) is 3.44. The van der Waals surface area contributed by atoms with Crippen molar-refractivity contribution in [3.8, 4) is 28.5 Å². The van der Waals surface area contributed by atoms with Gasteiger partial charge in [0.2, 0.25) is 11.0 Å². The maximum Gasteiger partial charge on any atom is 0.387 e. The number of rotatable bonds is 7. The Morgan fingerprint density at radius 1 is 1.07 bits per heavy atom. The summed E-state index contributed by atoms with van der Waals surface area (Å²) in [6.07, 6.45) is 1.64. The van der Waals surface area contributed by atoms with E-state index in [1.54, 1.807) is 30.5 Å². The van der Waals surface area contributed by atoms with E-state index < -0.39 is 6.61 Å². The summed E-state index contributed by atoms with van der Waals surface area (Å²) >= 11 is 7.20. The van der Waals surface area contributed by atoms with Gasteiger partial charge < -0.3 is 15.0 Å². The van der Waals surface area contributed by atoms with Crippen molar-refractivity contribution in [3.05, 3.63) is 65.6 Å². The number of alkyl halides is 2. The maximum absolute atomic E-state index is 12.3. The zero-order valence-electron chi connectivity index (χ0n) is 15.2. The third-order valence-corrected chi connectivity index (χ3v) is 5.19. The highest BCUT2D eigenvalue weighted by atomic mass is 35.5. The normalized spacial score (nSPS) is 11.2. The van der Waals surface area contributed by atoms with Crippen molar-refractivity contribution in [3.63, 3.8) is 0 Å². The lowest BCUT2D eigenvalue weighted by molar-refractivity contribution is -0.0498. The molecule has 0 aliphatic carbocycles. The summed E-state index contributed by atoms with van der Waals surface area (Å²) in [5.41, 5.74) is 1.48. The lowest BCUT2D eigenvalue weighted by Gasteiger charge is -2.06. The van der Waals surface area contributed by atoms with E-state index in [-0.39, 0.29) is 5.75 Å². The van der Waals surface area contributed by atoms with Crippen LogP contribution in [0.15, 0.2) is 64.3 Å². The number of nitrogen functional groups attached to an aromatic ring is 1. The summed E-state index contributed by atoms with van der Waals surface area (Å²) in [5.74, 6) is 8.04. The van der Waals surface area contributed by atoms with Gasteiger partial charge in [-0.1, -0.05) is 23.4 Å². The van der Waals surface area contributed by atoms with Crippen molar-refractivity contribution in [1.82, 2.24) is 19.9 Å². The molecule has 0 aliphatic rings. The van der Waals surface area contributed by atoms with Crippen molar-refractivity contribution in [2.75, 3.05) is 5.84 Å². The number of hydrogen-bond acceptors (Lipinski definition) is 7. The number of aromatic nitrogens is 4. The Hall–Kier alpha value is -3.11. The Morgan fingerprint density at radius 3 is 2.47 bits per heavy atom. The Labute approximate surface area is 178 Å². The van der Waals surface area contributed by atoms with Gasteiger partial charge in [-0.3, -0.25) is 0 Å². The molecule has 0 atom stereocenters. The largest absolute Gasteiger partial charge is 0.440 e. The molecule has 2 aromatic heterocycles. The van der Waals surface area contributed by atoms with E-state index in [4.69, 9.17) is 21.9 Å². The van der Waals surface area contributed by atoms with Crippen LogP contribution in [0.1, 0.15) is 5.89 Å². The molecule has 2 N–H and O–H groups in total. The van der Waals surface area contributed by atoms with Crippen LogP contribution < -0.4 is 10.6 Å². The number of nitrogens with zero attached hydrogens (tertiary/aromatic N) is 4. The minimum atomic E-state index is -2.88. The fraction of sp³-hybridized carbons (Fsp3) is 0.105. The first-order valence-corrected chi connectivity index (χ1v) is 9.95. The van der Waals surface area contributed by atoms with E-state index in [9.17, 15) is 8.78 Å². The number of benzene rings is 2. The summed E-state index contributed by atoms with van der Waals surface area (Å²) in [6, 6.07) is 13.2. The molecule has 0 saturated carbocycles. The molecule has 2 heterocycles. The summed E-state index contributed by atoms with van der Waals surface area (Å²) in [4.78, 5) is 4.26. The molecule has 0 fully saturated rings. The van der Waals surface area contributed by atoms with Crippen molar-refractivity contribution in [2.24, 2.45) is 0 Å². The van der Waals surface area contributed by atoms with Gasteiger partial charge in [0.25, 0.3) is 0 Å². The van der Waals surface area contributed by atoms with Gasteiger partial charge in [-0.15, -0.1) is 10.2 Å². The highest BCUT2D eigenvalue weighted by Gasteiger charge is 2.15. The molecule has 4 rings (SSSR count). The molecule has 7 nitrogen and oxygen atoms in total. The Kier molecular flexibility index (Phi) is 5.86. The molecule has 0 spiro atoms. The molecule has 2 aromatic carbocycles. The van der Waals surface area contributed by atoms with Crippen LogP contribution in [0.3, 0.4) is 0 Å². The van der Waals surface area contributed by atoms with Crippen LogP contribution in [0.4, 0.5) is 8.78 Å². The summed E-state index contributed by atoms with van der Waals surface area (Å²) in [6.45, 7) is -2.88. The summed E-state index contributed by atoms with van der Waals surface area (Å²) < 4.78 is 35.9. The van der Waals surface area contributed by atoms with Crippen LogP contribution in [0.25, 0.3) is 22.7 Å². The number of oxazole rings is 1. The number of nitrogens with two attached hydrogens (primary N) is 1. The highest BCUT2D eigenvalue weighted by molar-refractivity contribution is 7.98. The molecule has 154 valence electrons. The number of thioether (sulfide) groups is 1. The average molecular weight is 450 g/mol. The molecular formula is C19H14ClF2N5O2S. The quantitative estimate of drug-likeness (QED) is 0.318. The van der Waals surface area contributed by atoms with Gasteiger partial charge in [-0.05, 0) is 48.5 Å². The molecule has 0 aliphatic heterocycles. The molecule has 0 radical (unpaired) electrons. The predicted molar refractivity (Wildman–Crippen MR) is 109 cm³/mol. The van der Waals surface area contributed by atoms with Gasteiger partial charge in [0.15, 0.2) is 11.6 Å². The lowest BCUT2D eigenvalue weighted by Crippen LogP contribution is -2.11. The van der Waals surface area contributed by atoms with Crippen LogP contribution in [0.5, 0.6) is 5.75 Å². The van der Waals surface area contributed by atoms with E-state index in [2.05, 4.69) is 19.9 Å². The van der Waals surface area contributed by atoms with Crippen LogP contribution in [0, 0.1) is 0 Å². The minimum absolute atomic E-state index is 0.0480. The first kappa shape index (κ1) is 20.2. The number of halogens is 3. The second-order valence-electron chi connectivity index (χ2n) is 5.99. The van der Waals surface area contributed by atoms with E-state index >= 15 is 0 Å². The SMILES string of the molecule is Nn1c(SCc2ncc(-c3ccc(Cl)cc3)o2)nnc1-c1ccc(OC(F)F)cc1. The second kappa shape index (κ2) is 8.72. The van der Waals surface area contributed by atoms with Gasteiger partial charge in [0.05, 0.1) is 11.9 Å². The van der Waals surface area contributed by atoms with Crippen LogP contribution >= 0.6 is 23.4 Å². The topological polar surface area (TPSA) is 92.0 Å². The van der Waals surface area contributed by atoms with E-state index in [0.717, 1.165) is 5.56 Å². The predicted octanol–water partition coefficient (Wildman–Crippen LogP) is 4.86. The molecular weight excluding hydrogens is 436 g/mol. The van der Waals surface area contributed by atoms with Crippen molar-refractivity contribution in [1.29, 1.82) is 0 Å². The van der Waals surface area contributed by atoms with Crippen LogP contribution in [0.2, 0.25) is 5.02 Å². The molecule has 11 heteroatoms. The fourth-order valence-electron chi connectivity index (χ4n) is 2.61. The first-order chi connectivity index (χ1) is 14.5. The zero-order valence-corrected chi connectivity index (χ0v) is 16.8. The summed E-state index contributed by atoms with van der Waals surface area (Å²) in [7, 11) is 0.